The molecule has 1 aromatic rings. The second-order valence-electron chi connectivity index (χ2n) is 2.04. The zero-order valence-corrected chi connectivity index (χ0v) is 6.24. The maximum atomic E-state index is 8.34. The first-order valence-electron chi connectivity index (χ1n) is 3.22. The third kappa shape index (κ3) is 2.18. The van der Waals surface area contributed by atoms with E-state index in [0.29, 0.717) is 12.4 Å². The Morgan fingerprint density at radius 1 is 1.64 bits per heavy atom. The number of methoxy groups -OCH3 is 1. The lowest BCUT2D eigenvalue weighted by Gasteiger charge is -1.99. The summed E-state index contributed by atoms with van der Waals surface area (Å²) in [6.45, 7) is 0.400. The van der Waals surface area contributed by atoms with Crippen LogP contribution < -0.4 is 10.2 Å². The quantitative estimate of drug-likeness (QED) is 0.625. The Labute approximate surface area is 64.8 Å². The average molecular weight is 154 g/mol. The van der Waals surface area contributed by atoms with E-state index < -0.39 is 0 Å². The van der Waals surface area contributed by atoms with Crippen LogP contribution in [0.2, 0.25) is 0 Å². The van der Waals surface area contributed by atoms with Crippen LogP contribution in [-0.2, 0) is 6.54 Å². The second kappa shape index (κ2) is 3.90. The first-order valence-corrected chi connectivity index (χ1v) is 3.22. The molecule has 0 aromatic carbocycles. The molecule has 1 rings (SSSR count). The van der Waals surface area contributed by atoms with Crippen LogP contribution in [0.4, 0.5) is 0 Å². The number of pyridine rings is 1. The van der Waals surface area contributed by atoms with Gasteiger partial charge in [0.1, 0.15) is 0 Å². The van der Waals surface area contributed by atoms with Gasteiger partial charge in [-0.3, -0.25) is 0 Å². The molecule has 4 heteroatoms. The number of ether oxygens (including phenoxy) is 1. The fourth-order valence-electron chi connectivity index (χ4n) is 0.728. The van der Waals surface area contributed by atoms with Crippen molar-refractivity contribution >= 4 is 0 Å². The van der Waals surface area contributed by atoms with Gasteiger partial charge in [-0.25, -0.2) is 10.5 Å². The Hall–Kier alpha value is -1.13. The lowest BCUT2D eigenvalue weighted by atomic mass is 10.3. The molecule has 0 saturated heterocycles. The maximum absolute atomic E-state index is 8.34. The molecule has 0 saturated carbocycles. The number of hydroxylamine groups is 1. The Morgan fingerprint density at radius 3 is 2.91 bits per heavy atom. The van der Waals surface area contributed by atoms with Crippen molar-refractivity contribution in [1.82, 2.24) is 10.5 Å². The predicted molar refractivity (Wildman–Crippen MR) is 39.4 cm³/mol. The molecular formula is C7H10N2O2. The van der Waals surface area contributed by atoms with Gasteiger partial charge < -0.3 is 9.94 Å². The minimum atomic E-state index is 0.400. The zero-order valence-electron chi connectivity index (χ0n) is 6.24. The van der Waals surface area contributed by atoms with E-state index in [1.807, 2.05) is 11.5 Å². The average Bonchev–Trinajstić information content (AvgIpc) is 2.07. The van der Waals surface area contributed by atoms with Crippen molar-refractivity contribution in [2.45, 2.75) is 6.54 Å². The molecule has 0 bridgehead atoms. The summed E-state index contributed by atoms with van der Waals surface area (Å²) in [4.78, 5) is 3.94. The molecule has 0 radical (unpaired) electrons. The lowest BCUT2D eigenvalue weighted by molar-refractivity contribution is 0.161. The molecule has 1 aromatic heterocycles. The first kappa shape index (κ1) is 7.97. The molecule has 4 nitrogen and oxygen atoms in total. The van der Waals surface area contributed by atoms with Crippen LogP contribution in [0, 0.1) is 0 Å². The molecule has 11 heavy (non-hydrogen) atoms. The van der Waals surface area contributed by atoms with Crippen LogP contribution in [0.1, 0.15) is 5.56 Å². The first-order chi connectivity index (χ1) is 5.36. The van der Waals surface area contributed by atoms with E-state index in [-0.39, 0.29) is 0 Å². The van der Waals surface area contributed by atoms with E-state index in [2.05, 4.69) is 4.98 Å². The molecular weight excluding hydrogens is 144 g/mol. The standard InChI is InChI=1S/C7H10N2O2/c1-11-7-3-2-6(4-8-7)5-9-10/h2-4,9-10H,5H2,1H3. The number of hydrogen-bond donors (Lipinski definition) is 2. The van der Waals surface area contributed by atoms with Crippen molar-refractivity contribution in [2.24, 2.45) is 0 Å². The largest absolute Gasteiger partial charge is 0.481 e. The Morgan fingerprint density at radius 2 is 2.45 bits per heavy atom. The monoisotopic (exact) mass is 154 g/mol. The van der Waals surface area contributed by atoms with Gasteiger partial charge in [-0.2, -0.15) is 0 Å². The third-order valence-corrected chi connectivity index (χ3v) is 1.29. The van der Waals surface area contributed by atoms with Crippen molar-refractivity contribution in [2.75, 3.05) is 7.11 Å². The summed E-state index contributed by atoms with van der Waals surface area (Å²) in [7, 11) is 1.56. The van der Waals surface area contributed by atoms with Crippen LogP contribution in [0.5, 0.6) is 5.88 Å². The number of nitrogens with zero attached hydrogens (tertiary/aromatic N) is 1. The summed E-state index contributed by atoms with van der Waals surface area (Å²) in [6.07, 6.45) is 1.64. The van der Waals surface area contributed by atoms with Crippen LogP contribution in [0.15, 0.2) is 18.3 Å². The highest BCUT2D eigenvalue weighted by Gasteiger charge is 1.92. The fourth-order valence-corrected chi connectivity index (χ4v) is 0.728. The third-order valence-electron chi connectivity index (χ3n) is 1.29. The van der Waals surface area contributed by atoms with E-state index in [1.165, 1.54) is 0 Å². The van der Waals surface area contributed by atoms with E-state index in [0.717, 1.165) is 5.56 Å². The maximum Gasteiger partial charge on any atom is 0.212 e. The lowest BCUT2D eigenvalue weighted by Crippen LogP contribution is -2.06. The van der Waals surface area contributed by atoms with Gasteiger partial charge in [-0.1, -0.05) is 6.07 Å². The highest BCUT2D eigenvalue weighted by molar-refractivity contribution is 5.17. The van der Waals surface area contributed by atoms with Crippen molar-refractivity contribution in [3.63, 3.8) is 0 Å². The van der Waals surface area contributed by atoms with Gasteiger partial charge >= 0.3 is 0 Å². The molecule has 0 aliphatic carbocycles. The summed E-state index contributed by atoms with van der Waals surface area (Å²) >= 11 is 0. The number of hydrogen-bond acceptors (Lipinski definition) is 4. The highest BCUT2D eigenvalue weighted by atomic mass is 16.5. The molecule has 0 spiro atoms. The molecule has 60 valence electrons. The summed E-state index contributed by atoms with van der Waals surface area (Å²) in [5.41, 5.74) is 2.95. The predicted octanol–water partition coefficient (Wildman–Crippen LogP) is 0.569. The molecule has 1 heterocycles. The Balaban J connectivity index is 2.66. The topological polar surface area (TPSA) is 54.4 Å². The van der Waals surface area contributed by atoms with E-state index in [1.54, 1.807) is 19.4 Å². The Kier molecular flexibility index (Phi) is 2.83. The highest BCUT2D eigenvalue weighted by Crippen LogP contribution is 2.05. The molecule has 2 N–H and O–H groups in total. The number of rotatable bonds is 3. The molecule has 0 amide bonds. The van der Waals surface area contributed by atoms with Gasteiger partial charge in [0.05, 0.1) is 7.11 Å². The summed E-state index contributed by atoms with van der Waals surface area (Å²) in [6, 6.07) is 3.57. The van der Waals surface area contributed by atoms with Gasteiger partial charge in [-0.05, 0) is 5.56 Å². The zero-order chi connectivity index (χ0) is 8.10. The van der Waals surface area contributed by atoms with E-state index in [4.69, 9.17) is 9.94 Å². The minimum Gasteiger partial charge on any atom is -0.481 e. The van der Waals surface area contributed by atoms with Crippen molar-refractivity contribution in [3.8, 4) is 5.88 Å². The molecule has 0 fully saturated rings. The minimum absolute atomic E-state index is 0.400. The number of nitrogens with one attached hydrogen (secondary N) is 1. The normalized spacial score (nSPS) is 9.64. The van der Waals surface area contributed by atoms with Gasteiger partial charge in [0.2, 0.25) is 5.88 Å². The molecule has 0 atom stereocenters. The van der Waals surface area contributed by atoms with E-state index >= 15 is 0 Å². The molecule has 0 aliphatic heterocycles. The SMILES string of the molecule is COc1ccc(CNO)cn1. The number of aromatic nitrogens is 1. The van der Waals surface area contributed by atoms with E-state index in [9.17, 15) is 0 Å². The molecule has 0 unspecified atom stereocenters. The summed E-state index contributed by atoms with van der Waals surface area (Å²) in [5, 5.41) is 8.34. The van der Waals surface area contributed by atoms with Crippen molar-refractivity contribution in [3.05, 3.63) is 23.9 Å². The summed E-state index contributed by atoms with van der Waals surface area (Å²) in [5.74, 6) is 0.576. The van der Waals surface area contributed by atoms with Crippen LogP contribution in [0.3, 0.4) is 0 Å². The van der Waals surface area contributed by atoms with Crippen molar-refractivity contribution in [1.29, 1.82) is 0 Å². The smallest absolute Gasteiger partial charge is 0.212 e. The fraction of sp³-hybridized carbons (Fsp3) is 0.286. The van der Waals surface area contributed by atoms with Gasteiger partial charge in [0.15, 0.2) is 0 Å². The van der Waals surface area contributed by atoms with Gasteiger partial charge in [-0.15, -0.1) is 0 Å². The Bertz CT molecular complexity index is 210. The van der Waals surface area contributed by atoms with Crippen molar-refractivity contribution < 1.29 is 9.94 Å². The molecule has 0 aliphatic rings. The second-order valence-corrected chi connectivity index (χ2v) is 2.04. The summed E-state index contributed by atoms with van der Waals surface area (Å²) < 4.78 is 4.85. The van der Waals surface area contributed by atoms with Gasteiger partial charge in [0.25, 0.3) is 0 Å². The van der Waals surface area contributed by atoms with Crippen LogP contribution >= 0.6 is 0 Å². The van der Waals surface area contributed by atoms with Crippen LogP contribution in [-0.4, -0.2) is 17.3 Å². The van der Waals surface area contributed by atoms with Crippen LogP contribution in [0.25, 0.3) is 0 Å². The van der Waals surface area contributed by atoms with Gasteiger partial charge in [0, 0.05) is 18.8 Å².